The zero-order valence-electron chi connectivity index (χ0n) is 11.8. The molecule has 6 heteroatoms. The topological polar surface area (TPSA) is 77.8 Å². The molecule has 0 aliphatic rings. The van der Waals surface area contributed by atoms with E-state index in [1.54, 1.807) is 12.4 Å². The number of nitrogens with two attached hydrogens (primary N) is 1. The summed E-state index contributed by atoms with van der Waals surface area (Å²) in [6, 6.07) is 1.92. The zero-order valence-corrected chi connectivity index (χ0v) is 13.4. The normalized spacial score (nSPS) is 11.8. The maximum Gasteiger partial charge on any atom is 0.226 e. The van der Waals surface area contributed by atoms with Crippen molar-refractivity contribution in [2.24, 2.45) is 11.1 Å². The van der Waals surface area contributed by atoms with Crippen LogP contribution in [0.2, 0.25) is 0 Å². The predicted octanol–water partition coefficient (Wildman–Crippen LogP) is 3.20. The summed E-state index contributed by atoms with van der Waals surface area (Å²) in [4.78, 5) is 8.51. The Kier molecular flexibility index (Phi) is 4.88. The Labute approximate surface area is 127 Å². The van der Waals surface area contributed by atoms with Gasteiger partial charge in [0.05, 0.1) is 0 Å². The number of nitrogens with zero attached hydrogens (tertiary/aromatic N) is 3. The Hall–Kier alpha value is -1.27. The van der Waals surface area contributed by atoms with Crippen LogP contribution in [0, 0.1) is 5.41 Å². The fourth-order valence-electron chi connectivity index (χ4n) is 1.97. The Morgan fingerprint density at radius 1 is 1.30 bits per heavy atom. The van der Waals surface area contributed by atoms with Gasteiger partial charge in [-0.25, -0.2) is 0 Å². The zero-order chi connectivity index (χ0) is 14.6. The van der Waals surface area contributed by atoms with Gasteiger partial charge in [-0.1, -0.05) is 19.0 Å². The number of rotatable bonds is 6. The van der Waals surface area contributed by atoms with E-state index < -0.39 is 0 Å². The molecule has 0 amide bonds. The standard InChI is InChI=1S/C14H19BrN4O/c1-14(2,5-6-16)4-3-12-18-13(19-20-12)10-7-11(15)9-17-8-10/h7-9H,3-6,16H2,1-2H3. The molecule has 2 aromatic rings. The minimum atomic E-state index is 0.195. The van der Waals surface area contributed by atoms with Gasteiger partial charge in [0.2, 0.25) is 11.7 Å². The molecule has 0 bridgehead atoms. The highest BCUT2D eigenvalue weighted by molar-refractivity contribution is 9.10. The van der Waals surface area contributed by atoms with E-state index in [0.29, 0.717) is 18.3 Å². The Morgan fingerprint density at radius 3 is 2.80 bits per heavy atom. The van der Waals surface area contributed by atoms with Crippen LogP contribution in [0.3, 0.4) is 0 Å². The van der Waals surface area contributed by atoms with Crippen molar-refractivity contribution >= 4 is 15.9 Å². The molecule has 108 valence electrons. The number of pyridine rings is 1. The molecule has 2 rings (SSSR count). The molecule has 0 aliphatic carbocycles. The van der Waals surface area contributed by atoms with Crippen LogP contribution < -0.4 is 5.73 Å². The number of aromatic nitrogens is 3. The van der Waals surface area contributed by atoms with Crippen LogP contribution in [0.15, 0.2) is 27.5 Å². The summed E-state index contributed by atoms with van der Waals surface area (Å²) in [5.74, 6) is 1.23. The third-order valence-electron chi connectivity index (χ3n) is 3.27. The molecule has 0 spiro atoms. The monoisotopic (exact) mass is 338 g/mol. The van der Waals surface area contributed by atoms with Crippen molar-refractivity contribution in [3.8, 4) is 11.4 Å². The highest BCUT2D eigenvalue weighted by Crippen LogP contribution is 2.26. The smallest absolute Gasteiger partial charge is 0.226 e. The molecule has 0 unspecified atom stereocenters. The summed E-state index contributed by atoms with van der Waals surface area (Å²) < 4.78 is 6.19. The summed E-state index contributed by atoms with van der Waals surface area (Å²) in [7, 11) is 0. The molecule has 2 aromatic heterocycles. The Balaban J connectivity index is 2.03. The van der Waals surface area contributed by atoms with E-state index in [0.717, 1.165) is 29.3 Å². The lowest BCUT2D eigenvalue weighted by molar-refractivity contribution is 0.289. The fraction of sp³-hybridized carbons (Fsp3) is 0.500. The lowest BCUT2D eigenvalue weighted by Crippen LogP contribution is -2.17. The Bertz CT molecular complexity index is 568. The van der Waals surface area contributed by atoms with Gasteiger partial charge < -0.3 is 10.3 Å². The fourth-order valence-corrected chi connectivity index (χ4v) is 2.33. The summed E-state index contributed by atoms with van der Waals surface area (Å²) in [6.45, 7) is 5.11. The van der Waals surface area contributed by atoms with Crippen LogP contribution in [-0.4, -0.2) is 21.7 Å². The molecule has 0 saturated carbocycles. The number of hydrogen-bond donors (Lipinski definition) is 1. The number of hydrogen-bond acceptors (Lipinski definition) is 5. The molecular formula is C14H19BrN4O. The molecule has 5 nitrogen and oxygen atoms in total. The second-order valence-corrected chi connectivity index (χ2v) is 6.52. The quantitative estimate of drug-likeness (QED) is 0.874. The highest BCUT2D eigenvalue weighted by Gasteiger charge is 2.18. The first kappa shape index (κ1) is 15.1. The summed E-state index contributed by atoms with van der Waals surface area (Å²) >= 11 is 3.38. The predicted molar refractivity (Wildman–Crippen MR) is 81.0 cm³/mol. The van der Waals surface area contributed by atoms with Crippen molar-refractivity contribution in [3.63, 3.8) is 0 Å². The van der Waals surface area contributed by atoms with Gasteiger partial charge in [-0.2, -0.15) is 4.98 Å². The van der Waals surface area contributed by atoms with Crippen LogP contribution in [0.4, 0.5) is 0 Å². The van der Waals surface area contributed by atoms with Gasteiger partial charge >= 0.3 is 0 Å². The van der Waals surface area contributed by atoms with E-state index in [1.165, 1.54) is 0 Å². The van der Waals surface area contributed by atoms with Crippen LogP contribution in [-0.2, 0) is 6.42 Å². The van der Waals surface area contributed by atoms with E-state index in [1.807, 2.05) is 6.07 Å². The molecule has 20 heavy (non-hydrogen) atoms. The highest BCUT2D eigenvalue weighted by atomic mass is 79.9. The van der Waals surface area contributed by atoms with E-state index in [2.05, 4.69) is 44.9 Å². The summed E-state index contributed by atoms with van der Waals surface area (Å²) in [5, 5.41) is 4.00. The molecule has 0 saturated heterocycles. The number of aryl methyl sites for hydroxylation is 1. The SMILES string of the molecule is CC(C)(CCN)CCc1nc(-c2cncc(Br)c2)no1. The largest absolute Gasteiger partial charge is 0.339 e. The molecule has 2 N–H and O–H groups in total. The second-order valence-electron chi connectivity index (χ2n) is 5.61. The van der Waals surface area contributed by atoms with Gasteiger partial charge in [0.15, 0.2) is 0 Å². The van der Waals surface area contributed by atoms with Gasteiger partial charge in [0.25, 0.3) is 0 Å². The third kappa shape index (κ3) is 4.11. The average Bonchev–Trinajstić information content (AvgIpc) is 2.85. The first-order chi connectivity index (χ1) is 9.50. The summed E-state index contributed by atoms with van der Waals surface area (Å²) in [6.07, 6.45) is 6.17. The molecule has 2 heterocycles. The molecule has 0 radical (unpaired) electrons. The van der Waals surface area contributed by atoms with Crippen molar-refractivity contribution in [2.75, 3.05) is 6.54 Å². The maximum absolute atomic E-state index is 5.62. The molecular weight excluding hydrogens is 320 g/mol. The van der Waals surface area contributed by atoms with Crippen LogP contribution >= 0.6 is 15.9 Å². The van der Waals surface area contributed by atoms with E-state index in [-0.39, 0.29) is 5.41 Å². The lowest BCUT2D eigenvalue weighted by Gasteiger charge is -2.22. The van der Waals surface area contributed by atoms with Gasteiger partial charge in [-0.15, -0.1) is 0 Å². The summed E-state index contributed by atoms with van der Waals surface area (Å²) in [5.41, 5.74) is 6.65. The lowest BCUT2D eigenvalue weighted by atomic mass is 9.84. The second kappa shape index (κ2) is 6.45. The first-order valence-electron chi connectivity index (χ1n) is 6.64. The first-order valence-corrected chi connectivity index (χ1v) is 7.43. The minimum Gasteiger partial charge on any atom is -0.339 e. The van der Waals surface area contributed by atoms with Crippen molar-refractivity contribution in [2.45, 2.75) is 33.1 Å². The minimum absolute atomic E-state index is 0.195. The maximum atomic E-state index is 5.62. The van der Waals surface area contributed by atoms with Crippen LogP contribution in [0.1, 0.15) is 32.6 Å². The number of halogens is 1. The van der Waals surface area contributed by atoms with Crippen molar-refractivity contribution in [3.05, 3.63) is 28.8 Å². The Morgan fingerprint density at radius 2 is 2.10 bits per heavy atom. The van der Waals surface area contributed by atoms with Crippen LogP contribution in [0.5, 0.6) is 0 Å². The van der Waals surface area contributed by atoms with Gasteiger partial charge in [0.1, 0.15) is 0 Å². The van der Waals surface area contributed by atoms with Crippen molar-refractivity contribution < 1.29 is 4.52 Å². The molecule has 0 fully saturated rings. The van der Waals surface area contributed by atoms with E-state index >= 15 is 0 Å². The van der Waals surface area contributed by atoms with Gasteiger partial charge in [-0.3, -0.25) is 4.98 Å². The molecule has 0 atom stereocenters. The molecule has 0 aromatic carbocycles. The average molecular weight is 339 g/mol. The van der Waals surface area contributed by atoms with Gasteiger partial charge in [0, 0.05) is 28.9 Å². The van der Waals surface area contributed by atoms with E-state index in [9.17, 15) is 0 Å². The third-order valence-corrected chi connectivity index (χ3v) is 3.70. The van der Waals surface area contributed by atoms with Crippen molar-refractivity contribution in [1.29, 1.82) is 0 Å². The van der Waals surface area contributed by atoms with Crippen LogP contribution in [0.25, 0.3) is 11.4 Å². The van der Waals surface area contributed by atoms with Gasteiger partial charge in [-0.05, 0) is 46.8 Å². The van der Waals surface area contributed by atoms with E-state index in [4.69, 9.17) is 10.3 Å². The molecule has 0 aliphatic heterocycles. The van der Waals surface area contributed by atoms with Crippen molar-refractivity contribution in [1.82, 2.24) is 15.1 Å².